The number of aryl methyl sites for hydroxylation is 1. The predicted molar refractivity (Wildman–Crippen MR) is 90.4 cm³/mol. The van der Waals surface area contributed by atoms with E-state index in [1.165, 1.54) is 10.4 Å². The average molecular weight is 314 g/mol. The van der Waals surface area contributed by atoms with E-state index in [0.717, 1.165) is 30.5 Å². The number of amides is 3. The van der Waals surface area contributed by atoms with Crippen molar-refractivity contribution >= 4 is 28.5 Å². The summed E-state index contributed by atoms with van der Waals surface area (Å²) in [4.78, 5) is 25.3. The van der Waals surface area contributed by atoms with Gasteiger partial charge in [0.15, 0.2) is 0 Å². The number of anilines is 1. The molecule has 1 aliphatic rings. The van der Waals surface area contributed by atoms with Gasteiger partial charge in [0.2, 0.25) is 5.91 Å². The molecule has 6 heteroatoms. The quantitative estimate of drug-likeness (QED) is 0.890. The number of fused-ring (bicyclic) bond motifs is 1. The Hall–Kier alpha value is -2.50. The third kappa shape index (κ3) is 3.47. The summed E-state index contributed by atoms with van der Waals surface area (Å²) >= 11 is 0. The monoisotopic (exact) mass is 314 g/mol. The third-order valence-electron chi connectivity index (χ3n) is 4.02. The SMILES string of the molecule is CCCn1ccc2cc(NC(=O)CN3CCCNC3=O)ccc21. The van der Waals surface area contributed by atoms with Gasteiger partial charge in [0.1, 0.15) is 6.54 Å². The highest BCUT2D eigenvalue weighted by atomic mass is 16.2. The van der Waals surface area contributed by atoms with Crippen LogP contribution in [0.4, 0.5) is 10.5 Å². The number of carbonyl (C=O) groups is 2. The lowest BCUT2D eigenvalue weighted by atomic mass is 10.2. The van der Waals surface area contributed by atoms with Crippen molar-refractivity contribution in [2.45, 2.75) is 26.3 Å². The van der Waals surface area contributed by atoms with Gasteiger partial charge < -0.3 is 20.1 Å². The molecule has 2 heterocycles. The minimum absolute atomic E-state index is 0.0840. The first-order valence-corrected chi connectivity index (χ1v) is 8.09. The fourth-order valence-electron chi connectivity index (χ4n) is 2.92. The second-order valence-corrected chi connectivity index (χ2v) is 5.84. The van der Waals surface area contributed by atoms with E-state index in [0.29, 0.717) is 13.1 Å². The van der Waals surface area contributed by atoms with E-state index in [-0.39, 0.29) is 18.5 Å². The second-order valence-electron chi connectivity index (χ2n) is 5.84. The highest BCUT2D eigenvalue weighted by molar-refractivity contribution is 5.96. The van der Waals surface area contributed by atoms with Crippen LogP contribution in [0.5, 0.6) is 0 Å². The standard InChI is InChI=1S/C17H22N4O2/c1-2-8-20-10-6-13-11-14(4-5-15(13)20)19-16(22)12-21-9-3-7-18-17(21)23/h4-6,10-11H,2-3,7-9,12H2,1H3,(H,18,23)(H,19,22). The van der Waals surface area contributed by atoms with Gasteiger partial charge in [0.05, 0.1) is 0 Å². The van der Waals surface area contributed by atoms with Crippen molar-refractivity contribution in [3.05, 3.63) is 30.5 Å². The maximum atomic E-state index is 12.1. The number of rotatable bonds is 5. The van der Waals surface area contributed by atoms with E-state index >= 15 is 0 Å². The lowest BCUT2D eigenvalue weighted by Gasteiger charge is -2.26. The number of benzene rings is 1. The van der Waals surface area contributed by atoms with Gasteiger partial charge >= 0.3 is 6.03 Å². The molecule has 0 spiro atoms. The van der Waals surface area contributed by atoms with Crippen LogP contribution >= 0.6 is 0 Å². The van der Waals surface area contributed by atoms with E-state index in [1.807, 2.05) is 18.2 Å². The number of hydrogen-bond donors (Lipinski definition) is 2. The second kappa shape index (κ2) is 6.73. The molecule has 1 aromatic heterocycles. The van der Waals surface area contributed by atoms with Crippen LogP contribution in [0, 0.1) is 0 Å². The molecular weight excluding hydrogens is 292 g/mol. The van der Waals surface area contributed by atoms with E-state index < -0.39 is 0 Å². The van der Waals surface area contributed by atoms with Crippen LogP contribution < -0.4 is 10.6 Å². The smallest absolute Gasteiger partial charge is 0.317 e. The number of aromatic nitrogens is 1. The van der Waals surface area contributed by atoms with Gasteiger partial charge in [-0.05, 0) is 37.1 Å². The molecule has 0 saturated carbocycles. The molecule has 0 bridgehead atoms. The maximum Gasteiger partial charge on any atom is 0.317 e. The molecule has 122 valence electrons. The summed E-state index contributed by atoms with van der Waals surface area (Å²) in [5.41, 5.74) is 1.93. The maximum absolute atomic E-state index is 12.1. The van der Waals surface area contributed by atoms with E-state index in [4.69, 9.17) is 0 Å². The average Bonchev–Trinajstić information content (AvgIpc) is 2.92. The van der Waals surface area contributed by atoms with Crippen LogP contribution in [-0.2, 0) is 11.3 Å². The number of nitrogens with zero attached hydrogens (tertiary/aromatic N) is 2. The topological polar surface area (TPSA) is 66.4 Å². The summed E-state index contributed by atoms with van der Waals surface area (Å²) in [6.45, 7) is 4.53. The molecule has 1 saturated heterocycles. The fraction of sp³-hybridized carbons (Fsp3) is 0.412. The first-order valence-electron chi connectivity index (χ1n) is 8.09. The Morgan fingerprint density at radius 1 is 1.35 bits per heavy atom. The van der Waals surface area contributed by atoms with E-state index in [2.05, 4.69) is 34.4 Å². The molecule has 0 aliphatic carbocycles. The summed E-state index contributed by atoms with van der Waals surface area (Å²) in [7, 11) is 0. The lowest BCUT2D eigenvalue weighted by molar-refractivity contribution is -0.116. The Kier molecular flexibility index (Phi) is 4.50. The van der Waals surface area contributed by atoms with Crippen LogP contribution in [0.2, 0.25) is 0 Å². The van der Waals surface area contributed by atoms with Crippen LogP contribution in [0.3, 0.4) is 0 Å². The van der Waals surface area contributed by atoms with Crippen molar-refractivity contribution in [2.24, 2.45) is 0 Å². The molecular formula is C17H22N4O2. The molecule has 3 rings (SSSR count). The Labute approximate surface area is 135 Å². The van der Waals surface area contributed by atoms with Gasteiger partial charge in [-0.2, -0.15) is 0 Å². The molecule has 6 nitrogen and oxygen atoms in total. The van der Waals surface area contributed by atoms with Crippen molar-refractivity contribution in [3.63, 3.8) is 0 Å². The number of hydrogen-bond acceptors (Lipinski definition) is 2. The summed E-state index contributed by atoms with van der Waals surface area (Å²) in [6, 6.07) is 7.78. The molecule has 23 heavy (non-hydrogen) atoms. The first-order chi connectivity index (χ1) is 11.2. The zero-order valence-electron chi connectivity index (χ0n) is 13.3. The minimum atomic E-state index is -0.172. The zero-order chi connectivity index (χ0) is 16.2. The highest BCUT2D eigenvalue weighted by Gasteiger charge is 2.20. The van der Waals surface area contributed by atoms with Gasteiger partial charge in [-0.3, -0.25) is 4.79 Å². The summed E-state index contributed by atoms with van der Waals surface area (Å²) < 4.78 is 2.21. The molecule has 1 fully saturated rings. The van der Waals surface area contributed by atoms with Gasteiger partial charge in [-0.15, -0.1) is 0 Å². The summed E-state index contributed by atoms with van der Waals surface area (Å²) in [5.74, 6) is -0.172. The molecule has 1 aromatic carbocycles. The van der Waals surface area contributed by atoms with E-state index in [9.17, 15) is 9.59 Å². The molecule has 0 atom stereocenters. The fourth-order valence-corrected chi connectivity index (χ4v) is 2.92. The molecule has 3 amide bonds. The first kappa shape index (κ1) is 15.4. The predicted octanol–water partition coefficient (Wildman–Crippen LogP) is 2.41. The Morgan fingerprint density at radius 2 is 2.22 bits per heavy atom. The largest absolute Gasteiger partial charge is 0.347 e. The van der Waals surface area contributed by atoms with Crippen molar-refractivity contribution in [3.8, 4) is 0 Å². The zero-order valence-corrected chi connectivity index (χ0v) is 13.3. The normalized spacial score (nSPS) is 14.8. The third-order valence-corrected chi connectivity index (χ3v) is 4.02. The van der Waals surface area contributed by atoms with Crippen molar-refractivity contribution < 1.29 is 9.59 Å². The van der Waals surface area contributed by atoms with Crippen LogP contribution in [0.15, 0.2) is 30.5 Å². The molecule has 2 N–H and O–H groups in total. The molecule has 2 aromatic rings. The number of urea groups is 1. The highest BCUT2D eigenvalue weighted by Crippen LogP contribution is 2.21. The van der Waals surface area contributed by atoms with Crippen LogP contribution in [0.1, 0.15) is 19.8 Å². The van der Waals surface area contributed by atoms with Crippen molar-refractivity contribution in [1.82, 2.24) is 14.8 Å². The van der Waals surface area contributed by atoms with E-state index in [1.54, 1.807) is 0 Å². The summed E-state index contributed by atoms with van der Waals surface area (Å²) in [6.07, 6.45) is 4.02. The minimum Gasteiger partial charge on any atom is -0.347 e. The number of carbonyl (C=O) groups excluding carboxylic acids is 2. The molecule has 1 aliphatic heterocycles. The van der Waals surface area contributed by atoms with Crippen LogP contribution in [-0.4, -0.2) is 41.0 Å². The van der Waals surface area contributed by atoms with Crippen molar-refractivity contribution in [2.75, 3.05) is 25.0 Å². The Morgan fingerprint density at radius 3 is 3.00 bits per heavy atom. The van der Waals surface area contributed by atoms with Gasteiger partial charge in [0, 0.05) is 42.4 Å². The summed E-state index contributed by atoms with van der Waals surface area (Å²) in [5, 5.41) is 6.72. The Bertz CT molecular complexity index is 722. The van der Waals surface area contributed by atoms with Gasteiger partial charge in [0.25, 0.3) is 0 Å². The Balaban J connectivity index is 1.66. The van der Waals surface area contributed by atoms with Gasteiger partial charge in [-0.25, -0.2) is 4.79 Å². The molecule has 0 unspecified atom stereocenters. The number of nitrogens with one attached hydrogen (secondary N) is 2. The lowest BCUT2D eigenvalue weighted by Crippen LogP contribution is -2.49. The van der Waals surface area contributed by atoms with Gasteiger partial charge in [-0.1, -0.05) is 6.92 Å². The molecule has 0 radical (unpaired) electrons. The van der Waals surface area contributed by atoms with Crippen molar-refractivity contribution in [1.29, 1.82) is 0 Å². The van der Waals surface area contributed by atoms with Crippen LogP contribution in [0.25, 0.3) is 10.9 Å².